The van der Waals surface area contributed by atoms with E-state index in [0.717, 1.165) is 13.1 Å². The first kappa shape index (κ1) is 23.9. The number of phenolic OH excluding ortho intramolecular Hbond substituents is 1. The number of carbonyl (C=O) groups excluding carboxylic acids is 2. The molecule has 0 radical (unpaired) electrons. The van der Waals surface area contributed by atoms with E-state index in [0.29, 0.717) is 17.4 Å². The fourth-order valence-electron chi connectivity index (χ4n) is 3.98. The van der Waals surface area contributed by atoms with Crippen molar-refractivity contribution in [3.63, 3.8) is 0 Å². The maximum Gasteiger partial charge on any atom is 0.295 e. The first-order valence-corrected chi connectivity index (χ1v) is 11.3. The average molecular weight is 505 g/mol. The molecule has 1 atom stereocenters. The Hall–Kier alpha value is -2.71. The Bertz CT molecular complexity index is 1050. The summed E-state index contributed by atoms with van der Waals surface area (Å²) in [6.45, 7) is 6.73. The van der Waals surface area contributed by atoms with Crippen LogP contribution in [0.1, 0.15) is 37.4 Å². The number of likely N-dealkylation sites (tertiary alicyclic amines) is 1. The van der Waals surface area contributed by atoms with Gasteiger partial charge in [-0.25, -0.2) is 4.39 Å². The molecule has 1 amide bonds. The van der Waals surface area contributed by atoms with Crippen LogP contribution in [0.5, 0.6) is 5.75 Å². The summed E-state index contributed by atoms with van der Waals surface area (Å²) < 4.78 is 15.4. The second-order valence-electron chi connectivity index (χ2n) is 7.56. The van der Waals surface area contributed by atoms with Gasteiger partial charge in [-0.05, 0) is 50.3 Å². The zero-order valence-electron chi connectivity index (χ0n) is 18.0. The zero-order chi connectivity index (χ0) is 23.4. The van der Waals surface area contributed by atoms with Crippen LogP contribution >= 0.6 is 15.9 Å². The first-order valence-electron chi connectivity index (χ1n) is 10.5. The van der Waals surface area contributed by atoms with Gasteiger partial charge >= 0.3 is 0 Å². The summed E-state index contributed by atoms with van der Waals surface area (Å²) in [5, 5.41) is 21.3. The fraction of sp³-hybridized carbons (Fsp3) is 0.333. The molecule has 2 aromatic carbocycles. The number of carbonyl (C=O) groups is 2. The fourth-order valence-corrected chi connectivity index (χ4v) is 4.34. The van der Waals surface area contributed by atoms with E-state index in [2.05, 4.69) is 20.8 Å². The molecule has 1 aliphatic heterocycles. The number of hydrogen-bond donors (Lipinski definition) is 2. The quantitative estimate of drug-likeness (QED) is 0.315. The van der Waals surface area contributed by atoms with Crippen molar-refractivity contribution in [2.45, 2.75) is 26.3 Å². The average Bonchev–Trinajstić information content (AvgIpc) is 3.03. The first-order chi connectivity index (χ1) is 15.3. The minimum absolute atomic E-state index is 0.0122. The molecule has 0 saturated carbocycles. The molecule has 0 bridgehead atoms. The number of aromatic hydroxyl groups is 1. The van der Waals surface area contributed by atoms with E-state index in [1.165, 1.54) is 35.2 Å². The minimum Gasteiger partial charge on any atom is -0.507 e. The van der Waals surface area contributed by atoms with E-state index in [9.17, 15) is 24.2 Å². The molecule has 0 spiro atoms. The van der Waals surface area contributed by atoms with Crippen molar-refractivity contribution in [2.75, 3.05) is 26.2 Å². The predicted molar refractivity (Wildman–Crippen MR) is 124 cm³/mol. The van der Waals surface area contributed by atoms with Crippen molar-refractivity contribution in [3.8, 4) is 5.75 Å². The number of halogens is 2. The summed E-state index contributed by atoms with van der Waals surface area (Å²) in [5.41, 5.74) is -0.135. The SMILES string of the molecule is CCN(CC)CCCN1C(=O)C(=O)C(=C(O)c2cc(Br)ccc2O)[C@@H]1c1ccccc1F. The standard InChI is InChI=1S/C24H26BrFN2O4/c1-3-27(4-2)12-7-13-28-21(16-8-5-6-9-18(16)26)20(23(31)24(28)32)22(30)17-14-15(25)10-11-19(17)29/h5-6,8-11,14,21,29-30H,3-4,7,12-13H2,1-2H3/t21-/m0/s1. The van der Waals surface area contributed by atoms with Crippen molar-refractivity contribution in [1.29, 1.82) is 0 Å². The lowest BCUT2D eigenvalue weighted by atomic mass is 9.94. The lowest BCUT2D eigenvalue weighted by molar-refractivity contribution is -0.140. The van der Waals surface area contributed by atoms with E-state index in [4.69, 9.17) is 0 Å². The molecule has 8 heteroatoms. The predicted octanol–water partition coefficient (Wildman–Crippen LogP) is 4.45. The van der Waals surface area contributed by atoms with Gasteiger partial charge in [-0.2, -0.15) is 0 Å². The third kappa shape index (κ3) is 4.71. The van der Waals surface area contributed by atoms with Gasteiger partial charge in [-0.15, -0.1) is 0 Å². The second kappa shape index (κ2) is 10.3. The van der Waals surface area contributed by atoms with Gasteiger partial charge in [0.25, 0.3) is 11.7 Å². The zero-order valence-corrected chi connectivity index (χ0v) is 19.6. The van der Waals surface area contributed by atoms with E-state index in [1.54, 1.807) is 12.1 Å². The number of benzene rings is 2. The number of aliphatic hydroxyl groups excluding tert-OH is 1. The Balaban J connectivity index is 2.09. The Labute approximate surface area is 195 Å². The molecule has 1 aliphatic rings. The smallest absolute Gasteiger partial charge is 0.295 e. The van der Waals surface area contributed by atoms with Crippen LogP contribution in [0.15, 0.2) is 52.5 Å². The molecule has 1 saturated heterocycles. The number of Topliss-reactive ketones (excluding diaryl/α,β-unsaturated/α-hetero) is 1. The van der Waals surface area contributed by atoms with Gasteiger partial charge in [0, 0.05) is 16.6 Å². The van der Waals surface area contributed by atoms with Crippen LogP contribution in [0.25, 0.3) is 5.76 Å². The van der Waals surface area contributed by atoms with Crippen LogP contribution in [-0.2, 0) is 9.59 Å². The van der Waals surface area contributed by atoms with Crippen molar-refractivity contribution in [3.05, 3.63) is 69.5 Å². The van der Waals surface area contributed by atoms with Gasteiger partial charge in [-0.1, -0.05) is 48.0 Å². The highest BCUT2D eigenvalue weighted by Gasteiger charge is 2.46. The molecule has 1 heterocycles. The maximum atomic E-state index is 14.8. The number of rotatable bonds is 8. The molecule has 0 aliphatic carbocycles. The van der Waals surface area contributed by atoms with Crippen molar-refractivity contribution < 1.29 is 24.2 Å². The molecule has 1 fully saturated rings. The number of phenols is 1. The molecular formula is C24H26BrFN2O4. The molecular weight excluding hydrogens is 479 g/mol. The largest absolute Gasteiger partial charge is 0.507 e. The molecule has 2 N–H and O–H groups in total. The highest BCUT2D eigenvalue weighted by molar-refractivity contribution is 9.10. The Morgan fingerprint density at radius 3 is 2.50 bits per heavy atom. The lowest BCUT2D eigenvalue weighted by Gasteiger charge is -2.27. The molecule has 0 aromatic heterocycles. The highest BCUT2D eigenvalue weighted by atomic mass is 79.9. The van der Waals surface area contributed by atoms with Gasteiger partial charge in [-0.3, -0.25) is 9.59 Å². The van der Waals surface area contributed by atoms with E-state index in [1.807, 2.05) is 13.8 Å². The third-order valence-corrected chi connectivity index (χ3v) is 6.21. The molecule has 3 rings (SSSR count). The highest BCUT2D eigenvalue weighted by Crippen LogP contribution is 2.42. The van der Waals surface area contributed by atoms with Gasteiger partial charge in [0.05, 0.1) is 17.2 Å². The van der Waals surface area contributed by atoms with Crippen molar-refractivity contribution in [1.82, 2.24) is 9.80 Å². The Morgan fingerprint density at radius 1 is 1.16 bits per heavy atom. The van der Waals surface area contributed by atoms with Gasteiger partial charge in [0.1, 0.15) is 17.3 Å². The number of aliphatic hydroxyl groups is 1. The second-order valence-corrected chi connectivity index (χ2v) is 8.47. The van der Waals surface area contributed by atoms with E-state index >= 15 is 0 Å². The van der Waals surface area contributed by atoms with Gasteiger partial charge in [0.2, 0.25) is 0 Å². The molecule has 6 nitrogen and oxygen atoms in total. The van der Waals surface area contributed by atoms with Crippen LogP contribution < -0.4 is 0 Å². The number of amides is 1. The summed E-state index contributed by atoms with van der Waals surface area (Å²) in [6, 6.07) is 9.17. The van der Waals surface area contributed by atoms with Gasteiger partial charge < -0.3 is 20.0 Å². The Morgan fingerprint density at radius 2 is 1.84 bits per heavy atom. The summed E-state index contributed by atoms with van der Waals surface area (Å²) in [6.07, 6.45) is 0.585. The summed E-state index contributed by atoms with van der Waals surface area (Å²) >= 11 is 3.27. The van der Waals surface area contributed by atoms with Crippen LogP contribution in [-0.4, -0.2) is 57.9 Å². The van der Waals surface area contributed by atoms with Gasteiger partial charge in [0.15, 0.2) is 0 Å². The monoisotopic (exact) mass is 504 g/mol. The van der Waals surface area contributed by atoms with E-state index in [-0.39, 0.29) is 29.0 Å². The van der Waals surface area contributed by atoms with Crippen LogP contribution in [0.2, 0.25) is 0 Å². The molecule has 170 valence electrons. The van der Waals surface area contributed by atoms with E-state index < -0.39 is 29.3 Å². The van der Waals surface area contributed by atoms with Crippen molar-refractivity contribution >= 4 is 33.4 Å². The summed E-state index contributed by atoms with van der Waals surface area (Å²) in [4.78, 5) is 29.4. The lowest BCUT2D eigenvalue weighted by Crippen LogP contribution is -2.33. The maximum absolute atomic E-state index is 14.8. The normalized spacial score (nSPS) is 18.0. The summed E-state index contributed by atoms with van der Waals surface area (Å²) in [5.74, 6) is -3.09. The summed E-state index contributed by atoms with van der Waals surface area (Å²) in [7, 11) is 0. The van der Waals surface area contributed by atoms with Crippen LogP contribution in [0.3, 0.4) is 0 Å². The number of ketones is 1. The number of hydrogen-bond acceptors (Lipinski definition) is 5. The minimum atomic E-state index is -1.09. The topological polar surface area (TPSA) is 81.1 Å². The molecule has 2 aromatic rings. The third-order valence-electron chi connectivity index (χ3n) is 5.72. The molecule has 0 unspecified atom stereocenters. The Kier molecular flexibility index (Phi) is 7.69. The van der Waals surface area contributed by atoms with Crippen LogP contribution in [0, 0.1) is 5.82 Å². The molecule has 32 heavy (non-hydrogen) atoms. The van der Waals surface area contributed by atoms with Crippen molar-refractivity contribution in [2.24, 2.45) is 0 Å². The number of nitrogens with zero attached hydrogens (tertiary/aromatic N) is 2. The van der Waals surface area contributed by atoms with Crippen LogP contribution in [0.4, 0.5) is 4.39 Å².